The highest BCUT2D eigenvalue weighted by atomic mass is 32.2. The minimum atomic E-state index is -4.08. The molecule has 34 heavy (non-hydrogen) atoms. The number of methoxy groups -OCH3 is 2. The molecule has 3 aromatic rings. The van der Waals surface area contributed by atoms with Crippen LogP contribution in [0.1, 0.15) is 5.56 Å². The first-order valence-electron chi connectivity index (χ1n) is 10.4. The molecule has 1 atom stereocenters. The number of carbonyl (C=O) groups is 1. The molecule has 0 aromatic heterocycles. The Balaban J connectivity index is 1.59. The van der Waals surface area contributed by atoms with E-state index in [1.807, 2.05) is 30.3 Å². The molecule has 1 aliphatic heterocycles. The highest BCUT2D eigenvalue weighted by molar-refractivity contribution is 7.89. The summed E-state index contributed by atoms with van der Waals surface area (Å²) in [7, 11) is -1.20. The van der Waals surface area contributed by atoms with Crippen LogP contribution in [0.25, 0.3) is 0 Å². The summed E-state index contributed by atoms with van der Waals surface area (Å²) in [5, 5.41) is 2.76. The Bertz CT molecular complexity index is 1280. The molecule has 9 nitrogen and oxygen atoms in total. The molecule has 0 unspecified atom stereocenters. The van der Waals surface area contributed by atoms with Crippen LogP contribution in [0.2, 0.25) is 0 Å². The standard InChI is InChI=1S/C24H24N2O7S/c1-30-20-11-9-18(14-22(20)31-2)34(28,29)26-19(12-16-6-4-3-5-7-16)24(27)25-17-8-10-21-23(13-17)33-15-32-21/h3-11,13-14,19,26H,12,15H2,1-2H3,(H,25,27)/t19-/m1/s1. The van der Waals surface area contributed by atoms with Gasteiger partial charge in [0.15, 0.2) is 23.0 Å². The number of anilines is 1. The molecule has 0 fully saturated rings. The van der Waals surface area contributed by atoms with Crippen molar-refractivity contribution in [2.45, 2.75) is 17.4 Å². The topological polar surface area (TPSA) is 112 Å². The van der Waals surface area contributed by atoms with Crippen molar-refractivity contribution in [3.05, 3.63) is 72.3 Å². The number of ether oxygens (including phenoxy) is 4. The van der Waals surface area contributed by atoms with Gasteiger partial charge >= 0.3 is 0 Å². The van der Waals surface area contributed by atoms with E-state index in [-0.39, 0.29) is 23.9 Å². The van der Waals surface area contributed by atoms with Crippen LogP contribution in [0, 0.1) is 0 Å². The number of rotatable bonds is 9. The molecule has 4 rings (SSSR count). The first-order valence-corrected chi connectivity index (χ1v) is 11.9. The van der Waals surface area contributed by atoms with Gasteiger partial charge < -0.3 is 24.3 Å². The second-order valence-corrected chi connectivity index (χ2v) is 9.15. The van der Waals surface area contributed by atoms with Crippen molar-refractivity contribution in [3.8, 4) is 23.0 Å². The Hall–Kier alpha value is -3.76. The molecule has 178 valence electrons. The molecule has 10 heteroatoms. The maximum Gasteiger partial charge on any atom is 0.242 e. The Morgan fingerprint density at radius 2 is 1.68 bits per heavy atom. The lowest BCUT2D eigenvalue weighted by atomic mass is 10.1. The fraction of sp³-hybridized carbons (Fsp3) is 0.208. The van der Waals surface area contributed by atoms with E-state index in [0.717, 1.165) is 5.56 Å². The predicted molar refractivity (Wildman–Crippen MR) is 125 cm³/mol. The maximum absolute atomic E-state index is 13.2. The molecule has 0 spiro atoms. The Labute approximate surface area is 197 Å². The number of benzene rings is 3. The molecule has 0 saturated carbocycles. The zero-order valence-corrected chi connectivity index (χ0v) is 19.4. The zero-order chi connectivity index (χ0) is 24.1. The van der Waals surface area contributed by atoms with Crippen LogP contribution in [0.3, 0.4) is 0 Å². The normalized spacial score (nSPS) is 13.2. The van der Waals surface area contributed by atoms with Gasteiger partial charge in [-0.3, -0.25) is 4.79 Å². The van der Waals surface area contributed by atoms with E-state index in [0.29, 0.717) is 22.9 Å². The van der Waals surface area contributed by atoms with Crippen molar-refractivity contribution in [3.63, 3.8) is 0 Å². The Kier molecular flexibility index (Phi) is 6.90. The number of amides is 1. The van der Waals surface area contributed by atoms with Gasteiger partial charge in [-0.25, -0.2) is 8.42 Å². The summed E-state index contributed by atoms with van der Waals surface area (Å²) in [5.41, 5.74) is 1.25. The Morgan fingerprint density at radius 3 is 2.41 bits per heavy atom. The van der Waals surface area contributed by atoms with Gasteiger partial charge in [-0.05, 0) is 36.2 Å². The van der Waals surface area contributed by atoms with E-state index in [2.05, 4.69) is 10.0 Å². The van der Waals surface area contributed by atoms with Crippen LogP contribution in [-0.4, -0.2) is 41.4 Å². The Morgan fingerprint density at radius 1 is 0.941 bits per heavy atom. The minimum absolute atomic E-state index is 0.0564. The van der Waals surface area contributed by atoms with Crippen molar-refractivity contribution >= 4 is 21.6 Å². The molecule has 2 N–H and O–H groups in total. The van der Waals surface area contributed by atoms with Crippen LogP contribution in [-0.2, 0) is 21.2 Å². The van der Waals surface area contributed by atoms with E-state index >= 15 is 0 Å². The highest BCUT2D eigenvalue weighted by Crippen LogP contribution is 2.34. The van der Waals surface area contributed by atoms with Gasteiger partial charge in [0.05, 0.1) is 19.1 Å². The van der Waals surface area contributed by atoms with Crippen molar-refractivity contribution in [2.24, 2.45) is 0 Å². The fourth-order valence-corrected chi connectivity index (χ4v) is 4.69. The minimum Gasteiger partial charge on any atom is -0.493 e. The van der Waals surface area contributed by atoms with Crippen molar-refractivity contribution in [1.29, 1.82) is 0 Å². The first kappa shape index (κ1) is 23.4. The third-order valence-corrected chi connectivity index (χ3v) is 6.67. The average Bonchev–Trinajstić information content (AvgIpc) is 3.31. The van der Waals surface area contributed by atoms with Gasteiger partial charge in [-0.1, -0.05) is 30.3 Å². The zero-order valence-electron chi connectivity index (χ0n) is 18.6. The van der Waals surface area contributed by atoms with Crippen molar-refractivity contribution < 1.29 is 32.2 Å². The highest BCUT2D eigenvalue weighted by Gasteiger charge is 2.27. The number of sulfonamides is 1. The van der Waals surface area contributed by atoms with E-state index in [1.165, 1.54) is 32.4 Å². The fourth-order valence-electron chi connectivity index (χ4n) is 3.48. The molecular weight excluding hydrogens is 460 g/mol. The molecule has 0 bridgehead atoms. The van der Waals surface area contributed by atoms with Crippen LogP contribution >= 0.6 is 0 Å². The van der Waals surface area contributed by atoms with Gasteiger partial charge in [-0.2, -0.15) is 4.72 Å². The van der Waals surface area contributed by atoms with E-state index in [9.17, 15) is 13.2 Å². The van der Waals surface area contributed by atoms with Crippen LogP contribution in [0.5, 0.6) is 23.0 Å². The smallest absolute Gasteiger partial charge is 0.242 e. The van der Waals surface area contributed by atoms with Gasteiger partial charge in [0.25, 0.3) is 0 Å². The summed E-state index contributed by atoms with van der Waals surface area (Å²) in [6, 6.07) is 17.2. The predicted octanol–water partition coefficient (Wildman–Crippen LogP) is 2.96. The molecule has 0 radical (unpaired) electrons. The summed E-state index contributed by atoms with van der Waals surface area (Å²) in [5.74, 6) is 1.21. The second kappa shape index (κ2) is 10.0. The first-order chi connectivity index (χ1) is 16.4. The third-order valence-electron chi connectivity index (χ3n) is 5.20. The lowest BCUT2D eigenvalue weighted by Crippen LogP contribution is -2.45. The van der Waals surface area contributed by atoms with Crippen LogP contribution < -0.4 is 29.0 Å². The van der Waals surface area contributed by atoms with Crippen molar-refractivity contribution in [1.82, 2.24) is 4.72 Å². The number of fused-ring (bicyclic) bond motifs is 1. The second-order valence-electron chi connectivity index (χ2n) is 7.44. The van der Waals surface area contributed by atoms with Gasteiger partial charge in [0, 0.05) is 17.8 Å². The quantitative estimate of drug-likeness (QED) is 0.480. The van der Waals surface area contributed by atoms with E-state index in [1.54, 1.807) is 18.2 Å². The SMILES string of the molecule is COc1ccc(S(=O)(=O)N[C@H](Cc2ccccc2)C(=O)Nc2ccc3c(c2)OCO3)cc1OC. The maximum atomic E-state index is 13.2. The number of carbonyl (C=O) groups excluding carboxylic acids is 1. The summed E-state index contributed by atoms with van der Waals surface area (Å²) in [4.78, 5) is 13.1. The third kappa shape index (κ3) is 5.24. The van der Waals surface area contributed by atoms with Crippen LogP contribution in [0.15, 0.2) is 71.6 Å². The number of nitrogens with one attached hydrogen (secondary N) is 2. The molecule has 1 heterocycles. The summed E-state index contributed by atoms with van der Waals surface area (Å²) in [6.45, 7) is 0.106. The van der Waals surface area contributed by atoms with E-state index < -0.39 is 22.0 Å². The average molecular weight is 485 g/mol. The van der Waals surface area contributed by atoms with Gasteiger partial charge in [0.1, 0.15) is 6.04 Å². The summed E-state index contributed by atoms with van der Waals surface area (Å²) in [6.07, 6.45) is 0.143. The lowest BCUT2D eigenvalue weighted by Gasteiger charge is -2.19. The van der Waals surface area contributed by atoms with E-state index in [4.69, 9.17) is 18.9 Å². The largest absolute Gasteiger partial charge is 0.493 e. The molecule has 1 amide bonds. The monoisotopic (exact) mass is 484 g/mol. The van der Waals surface area contributed by atoms with Gasteiger partial charge in [-0.15, -0.1) is 0 Å². The van der Waals surface area contributed by atoms with Crippen molar-refractivity contribution in [2.75, 3.05) is 26.3 Å². The molecule has 1 aliphatic rings. The summed E-state index contributed by atoms with van der Waals surface area (Å²) < 4.78 is 49.9. The number of hydrogen-bond donors (Lipinski definition) is 2. The summed E-state index contributed by atoms with van der Waals surface area (Å²) >= 11 is 0. The molecule has 3 aromatic carbocycles. The molecule has 0 aliphatic carbocycles. The molecular formula is C24H24N2O7S. The lowest BCUT2D eigenvalue weighted by molar-refractivity contribution is -0.117. The van der Waals surface area contributed by atoms with Gasteiger partial charge in [0.2, 0.25) is 22.7 Å². The number of hydrogen-bond acceptors (Lipinski definition) is 7. The molecule has 0 saturated heterocycles. The van der Waals surface area contributed by atoms with Crippen LogP contribution in [0.4, 0.5) is 5.69 Å².